The van der Waals surface area contributed by atoms with Crippen molar-refractivity contribution < 1.29 is 9.53 Å². The van der Waals surface area contributed by atoms with E-state index in [2.05, 4.69) is 18.7 Å². The van der Waals surface area contributed by atoms with Crippen LogP contribution in [-0.2, 0) is 4.74 Å². The number of carbonyl (C=O) groups excluding carboxylic acids is 1. The molecule has 1 heterocycles. The van der Waals surface area contributed by atoms with Gasteiger partial charge in [0.15, 0.2) is 0 Å². The number of nitrogens with zero attached hydrogens (tertiary/aromatic N) is 1. The SMILES string of the molecule is CCCN1CC(C)(COC(=O)c2ccccc2)C1. The van der Waals surface area contributed by atoms with E-state index in [1.165, 1.54) is 6.42 Å². The molecule has 1 aromatic carbocycles. The Morgan fingerprint density at radius 1 is 1.33 bits per heavy atom. The highest BCUT2D eigenvalue weighted by Crippen LogP contribution is 2.30. The van der Waals surface area contributed by atoms with E-state index in [-0.39, 0.29) is 11.4 Å². The van der Waals surface area contributed by atoms with E-state index in [1.807, 2.05) is 18.2 Å². The fourth-order valence-electron chi connectivity index (χ4n) is 2.50. The zero-order valence-corrected chi connectivity index (χ0v) is 11.2. The first-order valence-electron chi connectivity index (χ1n) is 6.57. The molecule has 0 amide bonds. The van der Waals surface area contributed by atoms with Gasteiger partial charge in [-0.1, -0.05) is 32.0 Å². The van der Waals surface area contributed by atoms with Crippen LogP contribution in [0.5, 0.6) is 0 Å². The first-order valence-corrected chi connectivity index (χ1v) is 6.57. The Balaban J connectivity index is 1.77. The maximum atomic E-state index is 11.8. The zero-order chi connectivity index (χ0) is 13.0. The molecule has 18 heavy (non-hydrogen) atoms. The smallest absolute Gasteiger partial charge is 0.338 e. The van der Waals surface area contributed by atoms with Crippen LogP contribution in [0.15, 0.2) is 30.3 Å². The molecular weight excluding hydrogens is 226 g/mol. The molecular formula is C15H21NO2. The lowest BCUT2D eigenvalue weighted by molar-refractivity contribution is -0.0398. The lowest BCUT2D eigenvalue weighted by atomic mass is 9.83. The van der Waals surface area contributed by atoms with E-state index in [1.54, 1.807) is 12.1 Å². The number of likely N-dealkylation sites (tertiary alicyclic amines) is 1. The predicted octanol–water partition coefficient (Wildman–Crippen LogP) is 2.58. The molecule has 1 aliphatic heterocycles. The van der Waals surface area contributed by atoms with Crippen LogP contribution in [0.1, 0.15) is 30.6 Å². The van der Waals surface area contributed by atoms with Crippen LogP contribution in [-0.4, -0.2) is 37.1 Å². The second-order valence-electron chi connectivity index (χ2n) is 5.46. The Morgan fingerprint density at radius 2 is 2.00 bits per heavy atom. The second-order valence-corrected chi connectivity index (χ2v) is 5.46. The summed E-state index contributed by atoms with van der Waals surface area (Å²) < 4.78 is 5.40. The van der Waals surface area contributed by atoms with Gasteiger partial charge in [-0.2, -0.15) is 0 Å². The third kappa shape index (κ3) is 3.10. The van der Waals surface area contributed by atoms with Gasteiger partial charge in [-0.3, -0.25) is 0 Å². The molecule has 1 aliphatic rings. The molecule has 2 rings (SSSR count). The van der Waals surface area contributed by atoms with Crippen LogP contribution in [0.4, 0.5) is 0 Å². The Morgan fingerprint density at radius 3 is 2.61 bits per heavy atom. The van der Waals surface area contributed by atoms with Gasteiger partial charge in [0.2, 0.25) is 0 Å². The minimum atomic E-state index is -0.217. The predicted molar refractivity (Wildman–Crippen MR) is 71.6 cm³/mol. The molecule has 0 bridgehead atoms. The van der Waals surface area contributed by atoms with Gasteiger partial charge in [-0.15, -0.1) is 0 Å². The molecule has 0 aromatic heterocycles. The van der Waals surface area contributed by atoms with Crippen LogP contribution in [0, 0.1) is 5.41 Å². The van der Waals surface area contributed by atoms with Gasteiger partial charge in [-0.05, 0) is 25.1 Å². The fourth-order valence-corrected chi connectivity index (χ4v) is 2.50. The first-order chi connectivity index (χ1) is 8.63. The lowest BCUT2D eigenvalue weighted by Gasteiger charge is -2.47. The van der Waals surface area contributed by atoms with E-state index in [0.29, 0.717) is 12.2 Å². The van der Waals surface area contributed by atoms with E-state index in [4.69, 9.17) is 4.74 Å². The van der Waals surface area contributed by atoms with Crippen molar-refractivity contribution in [3.63, 3.8) is 0 Å². The van der Waals surface area contributed by atoms with Crippen molar-refractivity contribution >= 4 is 5.97 Å². The monoisotopic (exact) mass is 247 g/mol. The molecule has 0 aliphatic carbocycles. The largest absolute Gasteiger partial charge is 0.461 e. The van der Waals surface area contributed by atoms with Crippen LogP contribution in [0.3, 0.4) is 0 Å². The highest BCUT2D eigenvalue weighted by molar-refractivity contribution is 5.89. The summed E-state index contributed by atoms with van der Waals surface area (Å²) in [5.41, 5.74) is 0.769. The average molecular weight is 247 g/mol. The highest BCUT2D eigenvalue weighted by Gasteiger charge is 2.39. The first kappa shape index (κ1) is 13.1. The van der Waals surface area contributed by atoms with Gasteiger partial charge in [0.25, 0.3) is 0 Å². The molecule has 3 heteroatoms. The van der Waals surface area contributed by atoms with E-state index >= 15 is 0 Å². The molecule has 0 radical (unpaired) electrons. The minimum absolute atomic E-state index is 0.139. The van der Waals surface area contributed by atoms with Crippen molar-refractivity contribution in [2.45, 2.75) is 20.3 Å². The summed E-state index contributed by atoms with van der Waals surface area (Å²) in [6.07, 6.45) is 1.18. The van der Waals surface area contributed by atoms with Gasteiger partial charge in [-0.25, -0.2) is 4.79 Å². The average Bonchev–Trinajstić information content (AvgIpc) is 2.35. The molecule has 0 N–H and O–H groups in total. The van der Waals surface area contributed by atoms with Crippen LogP contribution in [0.2, 0.25) is 0 Å². The Kier molecular flexibility index (Phi) is 4.02. The van der Waals surface area contributed by atoms with Crippen LogP contribution >= 0.6 is 0 Å². The number of ether oxygens (including phenoxy) is 1. The van der Waals surface area contributed by atoms with E-state index < -0.39 is 0 Å². The van der Waals surface area contributed by atoms with E-state index in [0.717, 1.165) is 19.6 Å². The minimum Gasteiger partial charge on any atom is -0.461 e. The van der Waals surface area contributed by atoms with Crippen molar-refractivity contribution in [2.75, 3.05) is 26.2 Å². The Labute approximate surface area is 109 Å². The number of benzene rings is 1. The van der Waals surface area contributed by atoms with Crippen LogP contribution < -0.4 is 0 Å². The van der Waals surface area contributed by atoms with Gasteiger partial charge in [0.1, 0.15) is 0 Å². The fraction of sp³-hybridized carbons (Fsp3) is 0.533. The normalized spacial score (nSPS) is 18.1. The zero-order valence-electron chi connectivity index (χ0n) is 11.2. The summed E-state index contributed by atoms with van der Waals surface area (Å²) in [4.78, 5) is 14.2. The number of esters is 1. The summed E-state index contributed by atoms with van der Waals surface area (Å²) in [6.45, 7) is 8.08. The Hall–Kier alpha value is -1.35. The third-order valence-electron chi connectivity index (χ3n) is 3.31. The maximum Gasteiger partial charge on any atom is 0.338 e. The highest BCUT2D eigenvalue weighted by atomic mass is 16.5. The van der Waals surface area contributed by atoms with Crippen molar-refractivity contribution in [3.05, 3.63) is 35.9 Å². The summed E-state index contributed by atoms with van der Waals surface area (Å²) in [5, 5.41) is 0. The van der Waals surface area contributed by atoms with E-state index in [9.17, 15) is 4.79 Å². The molecule has 3 nitrogen and oxygen atoms in total. The molecule has 1 saturated heterocycles. The van der Waals surface area contributed by atoms with Crippen molar-refractivity contribution in [1.82, 2.24) is 4.90 Å². The molecule has 0 spiro atoms. The second kappa shape index (κ2) is 5.53. The standard InChI is InChI=1S/C15H21NO2/c1-3-9-16-10-15(2,11-16)12-18-14(17)13-7-5-4-6-8-13/h4-8H,3,9-12H2,1-2H3. The van der Waals surface area contributed by atoms with Crippen molar-refractivity contribution in [1.29, 1.82) is 0 Å². The molecule has 98 valence electrons. The quantitative estimate of drug-likeness (QED) is 0.749. The molecule has 0 atom stereocenters. The van der Waals surface area contributed by atoms with Crippen molar-refractivity contribution in [3.8, 4) is 0 Å². The maximum absolute atomic E-state index is 11.8. The molecule has 0 unspecified atom stereocenters. The molecule has 0 saturated carbocycles. The number of hydrogen-bond donors (Lipinski definition) is 0. The lowest BCUT2D eigenvalue weighted by Crippen LogP contribution is -2.57. The van der Waals surface area contributed by atoms with Crippen molar-refractivity contribution in [2.24, 2.45) is 5.41 Å². The number of carbonyl (C=O) groups is 1. The number of hydrogen-bond acceptors (Lipinski definition) is 3. The topological polar surface area (TPSA) is 29.5 Å². The Bertz CT molecular complexity index is 396. The summed E-state index contributed by atoms with van der Waals surface area (Å²) in [5.74, 6) is -0.217. The van der Waals surface area contributed by atoms with Gasteiger partial charge in [0.05, 0.1) is 12.2 Å². The summed E-state index contributed by atoms with van der Waals surface area (Å²) >= 11 is 0. The summed E-state index contributed by atoms with van der Waals surface area (Å²) in [7, 11) is 0. The molecule has 1 fully saturated rings. The van der Waals surface area contributed by atoms with Gasteiger partial charge in [0, 0.05) is 18.5 Å². The van der Waals surface area contributed by atoms with Crippen LogP contribution in [0.25, 0.3) is 0 Å². The number of rotatable bonds is 5. The van der Waals surface area contributed by atoms with Gasteiger partial charge < -0.3 is 9.64 Å². The summed E-state index contributed by atoms with van der Waals surface area (Å²) in [6, 6.07) is 9.17. The third-order valence-corrected chi connectivity index (χ3v) is 3.31. The molecule has 1 aromatic rings. The van der Waals surface area contributed by atoms with Gasteiger partial charge >= 0.3 is 5.97 Å².